The molecule has 9 nitrogen and oxygen atoms in total. The Balaban J connectivity index is 1.30. The van der Waals surface area contributed by atoms with Crippen molar-refractivity contribution in [2.75, 3.05) is 15.7 Å². The molecule has 2 saturated heterocycles. The molecule has 6 atom stereocenters. The molecule has 49 heavy (non-hydrogen) atoms. The second-order valence-corrected chi connectivity index (χ2v) is 14.0. The van der Waals surface area contributed by atoms with E-state index in [1.807, 2.05) is 30.3 Å². The number of alkyl halides is 6. The first-order valence-corrected chi connectivity index (χ1v) is 17.0. The number of carbonyl (C=O) groups is 4. The van der Waals surface area contributed by atoms with E-state index in [9.17, 15) is 37.5 Å². The highest BCUT2D eigenvalue weighted by molar-refractivity contribution is 9.09. The first-order valence-electron chi connectivity index (χ1n) is 15.1. The van der Waals surface area contributed by atoms with E-state index in [4.69, 9.17) is 23.2 Å². The summed E-state index contributed by atoms with van der Waals surface area (Å²) in [5, 5.41) is 14.3. The minimum atomic E-state index is -5.09. The van der Waals surface area contributed by atoms with E-state index in [0.29, 0.717) is 16.9 Å². The van der Waals surface area contributed by atoms with Crippen molar-refractivity contribution in [2.24, 2.45) is 17.8 Å². The third-order valence-electron chi connectivity index (χ3n) is 9.75. The highest BCUT2D eigenvalue weighted by Gasteiger charge is 2.76. The topological polar surface area (TPSA) is 116 Å². The molecule has 1 saturated carbocycles. The Morgan fingerprint density at radius 1 is 0.918 bits per heavy atom. The van der Waals surface area contributed by atoms with Gasteiger partial charge in [-0.15, -0.1) is 36.4 Å². The van der Waals surface area contributed by atoms with Gasteiger partial charge in [0.25, 0.3) is 11.8 Å². The normalized spacial score (nSPS) is 29.4. The largest absolute Gasteiger partial charge is 0.573 e. The van der Waals surface area contributed by atoms with Crippen LogP contribution in [-0.4, -0.2) is 55.2 Å². The van der Waals surface area contributed by atoms with E-state index >= 15 is 0 Å². The second-order valence-electron chi connectivity index (χ2n) is 12.3. The lowest BCUT2D eigenvalue weighted by molar-refractivity contribution is -0.274. The molecule has 3 aromatic rings. The number of aromatic hydroxyl groups is 1. The number of imide groups is 2. The van der Waals surface area contributed by atoms with Gasteiger partial charge in [0, 0.05) is 22.9 Å². The average molecular weight is 779 g/mol. The highest BCUT2D eigenvalue weighted by atomic mass is 79.9. The molecule has 7 rings (SSSR count). The van der Waals surface area contributed by atoms with Gasteiger partial charge in [-0.1, -0.05) is 45.8 Å². The number of phenolic OH excluding ortho intramolecular Hbond substituents is 1. The standard InChI is InChI=1S/C34H25BrCl2F3N3O6/c35-16-42-30(47)32(36)15-24-21(27(33(32,37)31(42)48)23-14-20(10-13-25(23)44)49-34(38,39)40)11-12-22-26(24)29(46)43(28(22)45)19-8-6-18(7-9-19)41-17-4-2-1-3-5-17/h1-11,13-14,22,24,26-27,41,44H,12,15-16H2. The fourth-order valence-electron chi connectivity index (χ4n) is 7.70. The van der Waals surface area contributed by atoms with Crippen LogP contribution in [0.25, 0.3) is 0 Å². The molecule has 254 valence electrons. The maximum absolute atomic E-state index is 14.3. The Morgan fingerprint density at radius 2 is 1.59 bits per heavy atom. The number of nitrogens with zero attached hydrogens (tertiary/aromatic N) is 2. The van der Waals surface area contributed by atoms with Crippen LogP contribution in [0.1, 0.15) is 24.3 Å². The van der Waals surface area contributed by atoms with E-state index in [1.54, 1.807) is 30.3 Å². The molecule has 6 unspecified atom stereocenters. The number of para-hydroxylation sites is 1. The molecule has 4 aliphatic rings. The van der Waals surface area contributed by atoms with Gasteiger partial charge in [0.1, 0.15) is 11.5 Å². The van der Waals surface area contributed by atoms with Gasteiger partial charge in [-0.3, -0.25) is 29.0 Å². The number of phenols is 1. The molecule has 3 aromatic carbocycles. The number of anilines is 3. The van der Waals surface area contributed by atoms with Crippen LogP contribution in [0.3, 0.4) is 0 Å². The molecule has 0 aromatic heterocycles. The Kier molecular flexibility index (Phi) is 8.03. The maximum atomic E-state index is 14.3. The van der Waals surface area contributed by atoms with Crippen LogP contribution in [0, 0.1) is 17.8 Å². The number of nitrogens with one attached hydrogen (secondary N) is 1. The van der Waals surface area contributed by atoms with Gasteiger partial charge in [-0.25, -0.2) is 0 Å². The lowest BCUT2D eigenvalue weighted by Gasteiger charge is -2.50. The van der Waals surface area contributed by atoms with Crippen molar-refractivity contribution in [1.29, 1.82) is 0 Å². The van der Waals surface area contributed by atoms with Gasteiger partial charge in [-0.2, -0.15) is 0 Å². The van der Waals surface area contributed by atoms with Gasteiger partial charge in [0.05, 0.1) is 23.0 Å². The fraction of sp³-hybridized carbons (Fsp3) is 0.294. The zero-order valence-electron chi connectivity index (χ0n) is 25.1. The number of fused-ring (bicyclic) bond motifs is 4. The Morgan fingerprint density at radius 3 is 2.24 bits per heavy atom. The maximum Gasteiger partial charge on any atom is 0.573 e. The first kappa shape index (κ1) is 33.4. The third kappa shape index (κ3) is 5.11. The average Bonchev–Trinajstić information content (AvgIpc) is 3.40. The molecule has 4 amide bonds. The van der Waals surface area contributed by atoms with Crippen molar-refractivity contribution < 1.29 is 42.2 Å². The molecule has 2 aliphatic heterocycles. The molecule has 2 heterocycles. The van der Waals surface area contributed by atoms with Crippen molar-refractivity contribution in [1.82, 2.24) is 4.90 Å². The number of allylic oxidation sites excluding steroid dienone is 2. The third-order valence-corrected chi connectivity index (χ3v) is 11.7. The number of likely N-dealkylation sites (tertiary alicyclic amines) is 1. The summed E-state index contributed by atoms with van der Waals surface area (Å²) in [4.78, 5) is 53.2. The van der Waals surface area contributed by atoms with Crippen molar-refractivity contribution in [3.63, 3.8) is 0 Å². The van der Waals surface area contributed by atoms with Crippen LogP contribution in [-0.2, 0) is 19.2 Å². The van der Waals surface area contributed by atoms with Crippen LogP contribution in [0.15, 0.2) is 84.4 Å². The number of benzene rings is 3. The van der Waals surface area contributed by atoms with Crippen LogP contribution in [0.5, 0.6) is 11.5 Å². The van der Waals surface area contributed by atoms with Gasteiger partial charge in [0.15, 0.2) is 9.75 Å². The summed E-state index contributed by atoms with van der Waals surface area (Å²) in [6, 6.07) is 18.8. The monoisotopic (exact) mass is 777 g/mol. The van der Waals surface area contributed by atoms with E-state index in [1.165, 1.54) is 0 Å². The zero-order chi connectivity index (χ0) is 35.0. The molecule has 0 bridgehead atoms. The molecular weight excluding hydrogens is 754 g/mol. The minimum Gasteiger partial charge on any atom is -0.508 e. The van der Waals surface area contributed by atoms with E-state index in [-0.39, 0.29) is 23.9 Å². The molecular formula is C34H25BrCl2F3N3O6. The summed E-state index contributed by atoms with van der Waals surface area (Å²) < 4.78 is 43.8. The predicted octanol–water partition coefficient (Wildman–Crippen LogP) is 6.95. The van der Waals surface area contributed by atoms with Crippen LogP contribution >= 0.6 is 39.1 Å². The number of carbonyl (C=O) groups excluding carboxylic acids is 4. The van der Waals surface area contributed by atoms with Gasteiger partial charge < -0.3 is 15.2 Å². The van der Waals surface area contributed by atoms with E-state index in [2.05, 4.69) is 26.0 Å². The SMILES string of the molecule is O=C1C2CC=C3C(CC4(Cl)C(=O)N(CBr)C(=O)C4(Cl)C3c3cc(OC(F)(F)F)ccc3O)C2C(=O)N1c1ccc(Nc2ccccc2)cc1. The Hall–Kier alpha value is -4.07. The van der Waals surface area contributed by atoms with Crippen LogP contribution in [0.4, 0.5) is 30.2 Å². The zero-order valence-corrected chi connectivity index (χ0v) is 28.2. The van der Waals surface area contributed by atoms with Crippen molar-refractivity contribution >= 4 is 79.8 Å². The first-order chi connectivity index (χ1) is 23.2. The number of hydrogen-bond donors (Lipinski definition) is 2. The van der Waals surface area contributed by atoms with Crippen molar-refractivity contribution in [3.05, 3.63) is 90.0 Å². The Labute approximate surface area is 295 Å². The lowest BCUT2D eigenvalue weighted by atomic mass is 9.56. The van der Waals surface area contributed by atoms with Crippen LogP contribution in [0.2, 0.25) is 0 Å². The van der Waals surface area contributed by atoms with E-state index < -0.39 is 74.9 Å². The number of amides is 4. The number of rotatable bonds is 6. The number of halogens is 6. The summed E-state index contributed by atoms with van der Waals surface area (Å²) in [6.45, 7) is 0. The lowest BCUT2D eigenvalue weighted by Crippen LogP contribution is -2.60. The molecule has 3 fully saturated rings. The van der Waals surface area contributed by atoms with E-state index in [0.717, 1.165) is 33.7 Å². The van der Waals surface area contributed by atoms with Gasteiger partial charge in [0.2, 0.25) is 11.8 Å². The van der Waals surface area contributed by atoms with Gasteiger partial charge >= 0.3 is 6.36 Å². The molecule has 15 heteroatoms. The summed E-state index contributed by atoms with van der Waals surface area (Å²) in [5.74, 6) is -8.45. The van der Waals surface area contributed by atoms with Crippen LogP contribution < -0.4 is 15.0 Å². The minimum absolute atomic E-state index is 0.0216. The quantitative estimate of drug-likeness (QED) is 0.121. The number of hydrogen-bond acceptors (Lipinski definition) is 7. The fourth-order valence-corrected chi connectivity index (χ4v) is 9.11. The smallest absolute Gasteiger partial charge is 0.508 e. The molecule has 2 aliphatic carbocycles. The summed E-state index contributed by atoms with van der Waals surface area (Å²) >= 11 is 17.4. The molecule has 0 spiro atoms. The number of ether oxygens (including phenoxy) is 1. The van der Waals surface area contributed by atoms with Crippen molar-refractivity contribution in [3.8, 4) is 11.5 Å². The molecule has 0 radical (unpaired) electrons. The molecule has 2 N–H and O–H groups in total. The van der Waals surface area contributed by atoms with Gasteiger partial charge in [-0.05, 0) is 73.4 Å². The second kappa shape index (κ2) is 11.8. The summed E-state index contributed by atoms with van der Waals surface area (Å²) in [5.41, 5.74) is 1.62. The van der Waals surface area contributed by atoms with Crippen molar-refractivity contribution in [2.45, 2.75) is 34.9 Å². The predicted molar refractivity (Wildman–Crippen MR) is 177 cm³/mol. The highest BCUT2D eigenvalue weighted by Crippen LogP contribution is 2.66. The summed E-state index contributed by atoms with van der Waals surface area (Å²) in [6.07, 6.45) is -3.78. The summed E-state index contributed by atoms with van der Waals surface area (Å²) in [7, 11) is 0. The Bertz CT molecular complexity index is 1930.